The zero-order chi connectivity index (χ0) is 20.1. The third kappa shape index (κ3) is 5.00. The minimum Gasteiger partial charge on any atom is -0.369 e. The number of rotatable bonds is 6. The number of likely N-dealkylation sites (N-methyl/N-ethyl adjacent to an activating group) is 1. The van der Waals surface area contributed by atoms with Gasteiger partial charge in [-0.1, -0.05) is 30.3 Å². The zero-order valence-corrected chi connectivity index (χ0v) is 16.9. The topological polar surface area (TPSA) is 69.2 Å². The molecule has 1 atom stereocenters. The van der Waals surface area contributed by atoms with Crippen LogP contribution in [0.2, 0.25) is 0 Å². The van der Waals surface area contributed by atoms with Crippen LogP contribution in [0.15, 0.2) is 60.8 Å². The summed E-state index contributed by atoms with van der Waals surface area (Å²) >= 11 is 0. The Hall–Kier alpha value is -3.19. The van der Waals surface area contributed by atoms with Crippen LogP contribution in [0.4, 0.5) is 23.1 Å². The number of benzene rings is 2. The van der Waals surface area contributed by atoms with Crippen LogP contribution in [0.5, 0.6) is 0 Å². The zero-order valence-electron chi connectivity index (χ0n) is 16.9. The summed E-state index contributed by atoms with van der Waals surface area (Å²) < 4.78 is 0. The number of hydrogen-bond donors (Lipinski definition) is 2. The highest BCUT2D eigenvalue weighted by molar-refractivity contribution is 5.61. The first-order chi connectivity index (χ1) is 14.2. The summed E-state index contributed by atoms with van der Waals surface area (Å²) in [6.07, 6.45) is 1.63. The molecule has 1 fully saturated rings. The number of nitrogens with zero attached hydrogens (tertiary/aromatic N) is 5. The van der Waals surface area contributed by atoms with Crippen molar-refractivity contribution in [1.82, 2.24) is 20.1 Å². The van der Waals surface area contributed by atoms with Crippen LogP contribution in [0.3, 0.4) is 0 Å². The highest BCUT2D eigenvalue weighted by atomic mass is 15.3. The minimum atomic E-state index is 0.0936. The normalized spacial score (nSPS) is 15.7. The highest BCUT2D eigenvalue weighted by Crippen LogP contribution is 2.22. The molecule has 3 aromatic rings. The quantitative estimate of drug-likeness (QED) is 0.668. The van der Waals surface area contributed by atoms with Crippen molar-refractivity contribution < 1.29 is 0 Å². The number of anilines is 4. The van der Waals surface area contributed by atoms with Gasteiger partial charge in [-0.2, -0.15) is 10.1 Å². The SMILES string of the molecule is CC(Nc1nncc(Nc2ccc(N3CCN(C)CC3)cc2)n1)c1ccccc1. The Balaban J connectivity index is 1.39. The average molecular weight is 390 g/mol. The molecule has 150 valence electrons. The van der Waals surface area contributed by atoms with Crippen molar-refractivity contribution in [3.05, 3.63) is 66.4 Å². The molecule has 0 radical (unpaired) electrons. The lowest BCUT2D eigenvalue weighted by Crippen LogP contribution is -2.44. The van der Waals surface area contributed by atoms with Gasteiger partial charge >= 0.3 is 0 Å². The van der Waals surface area contributed by atoms with Gasteiger partial charge in [0.05, 0.1) is 12.2 Å². The van der Waals surface area contributed by atoms with Gasteiger partial charge < -0.3 is 20.4 Å². The smallest absolute Gasteiger partial charge is 0.245 e. The number of piperazine rings is 1. The van der Waals surface area contributed by atoms with E-state index in [1.165, 1.54) is 11.3 Å². The van der Waals surface area contributed by atoms with E-state index in [9.17, 15) is 0 Å². The molecule has 7 nitrogen and oxygen atoms in total. The molecule has 0 bridgehead atoms. The van der Waals surface area contributed by atoms with Gasteiger partial charge in [-0.15, -0.1) is 5.10 Å². The van der Waals surface area contributed by atoms with Crippen molar-refractivity contribution in [3.63, 3.8) is 0 Å². The first kappa shape index (κ1) is 19.1. The molecule has 1 aromatic heterocycles. The monoisotopic (exact) mass is 389 g/mol. The van der Waals surface area contributed by atoms with Crippen LogP contribution in [-0.4, -0.2) is 53.3 Å². The summed E-state index contributed by atoms with van der Waals surface area (Å²) in [5.41, 5.74) is 3.41. The second-order valence-corrected chi connectivity index (χ2v) is 7.40. The van der Waals surface area contributed by atoms with E-state index in [0.29, 0.717) is 11.8 Å². The lowest BCUT2D eigenvalue weighted by atomic mass is 10.1. The molecular weight excluding hydrogens is 362 g/mol. The van der Waals surface area contributed by atoms with E-state index >= 15 is 0 Å². The second-order valence-electron chi connectivity index (χ2n) is 7.40. The van der Waals surface area contributed by atoms with E-state index in [-0.39, 0.29) is 6.04 Å². The van der Waals surface area contributed by atoms with Crippen LogP contribution >= 0.6 is 0 Å². The maximum Gasteiger partial charge on any atom is 0.245 e. The van der Waals surface area contributed by atoms with E-state index in [4.69, 9.17) is 0 Å². The predicted molar refractivity (Wildman–Crippen MR) is 118 cm³/mol. The molecule has 2 heterocycles. The Morgan fingerprint density at radius 1 is 0.931 bits per heavy atom. The fraction of sp³-hybridized carbons (Fsp3) is 0.318. The third-order valence-electron chi connectivity index (χ3n) is 5.21. The molecule has 7 heteroatoms. The van der Waals surface area contributed by atoms with Crippen molar-refractivity contribution in [2.24, 2.45) is 0 Å². The maximum atomic E-state index is 4.54. The van der Waals surface area contributed by atoms with E-state index in [1.807, 2.05) is 18.2 Å². The van der Waals surface area contributed by atoms with Crippen LogP contribution in [0.25, 0.3) is 0 Å². The number of nitrogens with one attached hydrogen (secondary N) is 2. The molecule has 2 N–H and O–H groups in total. The van der Waals surface area contributed by atoms with Gasteiger partial charge in [0, 0.05) is 37.6 Å². The minimum absolute atomic E-state index is 0.0936. The molecular formula is C22H27N7. The predicted octanol–water partition coefficient (Wildman–Crippen LogP) is 3.54. The summed E-state index contributed by atoms with van der Waals surface area (Å²) in [5.74, 6) is 1.16. The summed E-state index contributed by atoms with van der Waals surface area (Å²) in [4.78, 5) is 9.32. The maximum absolute atomic E-state index is 4.54. The van der Waals surface area contributed by atoms with Gasteiger partial charge in [-0.05, 0) is 43.8 Å². The van der Waals surface area contributed by atoms with Crippen molar-refractivity contribution in [2.45, 2.75) is 13.0 Å². The van der Waals surface area contributed by atoms with Crippen molar-refractivity contribution in [2.75, 3.05) is 48.8 Å². The Morgan fingerprint density at radius 3 is 2.38 bits per heavy atom. The lowest BCUT2D eigenvalue weighted by molar-refractivity contribution is 0.313. The van der Waals surface area contributed by atoms with E-state index in [1.54, 1.807) is 6.20 Å². The van der Waals surface area contributed by atoms with E-state index in [0.717, 1.165) is 31.9 Å². The fourth-order valence-corrected chi connectivity index (χ4v) is 3.41. The van der Waals surface area contributed by atoms with Gasteiger partial charge in [-0.25, -0.2) is 0 Å². The van der Waals surface area contributed by atoms with Crippen LogP contribution < -0.4 is 15.5 Å². The molecule has 0 aliphatic carbocycles. The fourth-order valence-electron chi connectivity index (χ4n) is 3.41. The average Bonchev–Trinajstić information content (AvgIpc) is 2.76. The van der Waals surface area contributed by atoms with Gasteiger partial charge in [0.25, 0.3) is 0 Å². The third-order valence-corrected chi connectivity index (χ3v) is 5.21. The molecule has 2 aromatic carbocycles. The Morgan fingerprint density at radius 2 is 1.66 bits per heavy atom. The molecule has 1 aliphatic rings. The Bertz CT molecular complexity index is 906. The molecule has 0 saturated carbocycles. The van der Waals surface area contributed by atoms with E-state index < -0.39 is 0 Å². The second kappa shape index (κ2) is 8.87. The van der Waals surface area contributed by atoms with E-state index in [2.05, 4.69) is 86.0 Å². The molecule has 29 heavy (non-hydrogen) atoms. The van der Waals surface area contributed by atoms with Crippen molar-refractivity contribution >= 4 is 23.1 Å². The summed E-state index contributed by atoms with van der Waals surface area (Å²) in [7, 11) is 2.17. The highest BCUT2D eigenvalue weighted by Gasteiger charge is 2.14. The lowest BCUT2D eigenvalue weighted by Gasteiger charge is -2.34. The van der Waals surface area contributed by atoms with Gasteiger partial charge in [0.2, 0.25) is 5.95 Å². The van der Waals surface area contributed by atoms with Crippen LogP contribution in [0, 0.1) is 0 Å². The Kier molecular flexibility index (Phi) is 5.86. The standard InChI is InChI=1S/C22H27N7/c1-17(18-6-4-3-5-7-18)24-22-26-21(16-23-27-22)25-19-8-10-20(11-9-19)29-14-12-28(2)13-15-29/h3-11,16-17H,12-15H2,1-2H3,(H2,24,25,26,27). The summed E-state index contributed by atoms with van der Waals surface area (Å²) in [6, 6.07) is 18.8. The largest absolute Gasteiger partial charge is 0.369 e. The van der Waals surface area contributed by atoms with Crippen molar-refractivity contribution in [3.8, 4) is 0 Å². The van der Waals surface area contributed by atoms with Gasteiger partial charge in [0.1, 0.15) is 0 Å². The first-order valence-electron chi connectivity index (χ1n) is 9.99. The number of aromatic nitrogens is 3. The molecule has 1 aliphatic heterocycles. The number of hydrogen-bond acceptors (Lipinski definition) is 7. The summed E-state index contributed by atoms with van der Waals surface area (Å²) in [5, 5.41) is 14.8. The van der Waals surface area contributed by atoms with Gasteiger partial charge in [-0.3, -0.25) is 0 Å². The molecule has 0 spiro atoms. The molecule has 4 rings (SSSR count). The summed E-state index contributed by atoms with van der Waals surface area (Å²) in [6.45, 7) is 6.41. The van der Waals surface area contributed by atoms with Crippen molar-refractivity contribution in [1.29, 1.82) is 0 Å². The van der Waals surface area contributed by atoms with Crippen LogP contribution in [0.1, 0.15) is 18.5 Å². The molecule has 0 amide bonds. The molecule has 1 saturated heterocycles. The first-order valence-corrected chi connectivity index (χ1v) is 9.99. The molecule has 1 unspecified atom stereocenters. The van der Waals surface area contributed by atoms with Crippen LogP contribution in [-0.2, 0) is 0 Å². The Labute approximate surface area is 171 Å². The van der Waals surface area contributed by atoms with Gasteiger partial charge in [0.15, 0.2) is 5.82 Å².